The first kappa shape index (κ1) is 32.5. The molecule has 2 aromatic carbocycles. The molecule has 14 nitrogen and oxygen atoms in total. The van der Waals surface area contributed by atoms with E-state index >= 15 is 0 Å². The monoisotopic (exact) mass is 571 g/mol. The van der Waals surface area contributed by atoms with Crippen LogP contribution in [0.25, 0.3) is 0 Å². The molecule has 222 valence electrons. The number of aliphatic imine (C=N–C) groups is 1. The van der Waals surface area contributed by atoms with Crippen LogP contribution in [0.15, 0.2) is 59.6 Å². The Morgan fingerprint density at radius 1 is 0.780 bits per heavy atom. The summed E-state index contributed by atoms with van der Waals surface area (Å²) >= 11 is 0. The molecule has 0 aliphatic heterocycles. The molecule has 2 rings (SSSR count). The lowest BCUT2D eigenvalue weighted by Gasteiger charge is -2.24. The van der Waals surface area contributed by atoms with Gasteiger partial charge in [0.2, 0.25) is 17.7 Å². The maximum Gasteiger partial charge on any atom is 0.326 e. The van der Waals surface area contributed by atoms with Crippen LogP contribution in [0.4, 0.5) is 0 Å². The van der Waals surface area contributed by atoms with Gasteiger partial charge in [-0.3, -0.25) is 19.4 Å². The van der Waals surface area contributed by atoms with Gasteiger partial charge in [0.1, 0.15) is 23.9 Å². The molecule has 3 amide bonds. The van der Waals surface area contributed by atoms with Gasteiger partial charge in [-0.15, -0.1) is 0 Å². The van der Waals surface area contributed by atoms with Crippen molar-refractivity contribution in [2.45, 2.75) is 49.9 Å². The van der Waals surface area contributed by atoms with Crippen LogP contribution in [0.2, 0.25) is 0 Å². The Morgan fingerprint density at radius 2 is 1.34 bits per heavy atom. The molecule has 14 heteroatoms. The first-order chi connectivity index (χ1) is 19.5. The summed E-state index contributed by atoms with van der Waals surface area (Å²) in [6.45, 7) is -0.620. The number of aliphatic carboxylic acids is 1. The molecule has 0 heterocycles. The van der Waals surface area contributed by atoms with E-state index in [1.54, 1.807) is 42.5 Å². The minimum Gasteiger partial charge on any atom is -0.508 e. The first-order valence-electron chi connectivity index (χ1n) is 12.9. The Bertz CT molecular complexity index is 1190. The summed E-state index contributed by atoms with van der Waals surface area (Å²) in [5.74, 6) is -3.73. The number of carbonyl (C=O) groups is 4. The van der Waals surface area contributed by atoms with Crippen molar-refractivity contribution in [3.63, 3.8) is 0 Å². The fourth-order valence-corrected chi connectivity index (χ4v) is 3.82. The number of rotatable bonds is 16. The van der Waals surface area contributed by atoms with Crippen LogP contribution in [-0.2, 0) is 32.0 Å². The van der Waals surface area contributed by atoms with Crippen molar-refractivity contribution in [1.82, 2.24) is 16.0 Å². The zero-order valence-corrected chi connectivity index (χ0v) is 22.4. The van der Waals surface area contributed by atoms with Crippen LogP contribution >= 0.6 is 0 Å². The lowest BCUT2D eigenvalue weighted by Crippen LogP contribution is -2.58. The predicted octanol–water partition coefficient (Wildman–Crippen LogP) is -1.91. The zero-order valence-electron chi connectivity index (χ0n) is 22.4. The number of benzene rings is 2. The van der Waals surface area contributed by atoms with Crippen molar-refractivity contribution in [3.05, 3.63) is 65.7 Å². The molecule has 12 N–H and O–H groups in total. The topological polar surface area (TPSA) is 255 Å². The van der Waals surface area contributed by atoms with Gasteiger partial charge in [0.25, 0.3) is 0 Å². The van der Waals surface area contributed by atoms with E-state index in [1.165, 1.54) is 12.1 Å². The number of phenolic OH excluding ortho intramolecular Hbond substituents is 1. The molecule has 0 aliphatic carbocycles. The summed E-state index contributed by atoms with van der Waals surface area (Å²) in [5.41, 5.74) is 17.9. The second-order valence-electron chi connectivity index (χ2n) is 9.32. The summed E-state index contributed by atoms with van der Waals surface area (Å²) < 4.78 is 0. The highest BCUT2D eigenvalue weighted by atomic mass is 16.4. The number of hydrogen-bond acceptors (Lipinski definition) is 8. The number of aliphatic hydroxyl groups excluding tert-OH is 1. The lowest BCUT2D eigenvalue weighted by atomic mass is 10.0. The van der Waals surface area contributed by atoms with Crippen molar-refractivity contribution in [2.75, 3.05) is 13.2 Å². The van der Waals surface area contributed by atoms with Gasteiger partial charge in [-0.2, -0.15) is 0 Å². The number of phenols is 1. The van der Waals surface area contributed by atoms with Crippen molar-refractivity contribution in [1.29, 1.82) is 0 Å². The number of nitrogens with zero attached hydrogens (tertiary/aromatic N) is 1. The van der Waals surface area contributed by atoms with Gasteiger partial charge in [-0.05, 0) is 42.5 Å². The van der Waals surface area contributed by atoms with Crippen LogP contribution in [0.3, 0.4) is 0 Å². The Morgan fingerprint density at radius 3 is 1.93 bits per heavy atom. The number of carboxylic acids is 1. The van der Waals surface area contributed by atoms with Gasteiger partial charge in [-0.25, -0.2) is 4.79 Å². The number of guanidine groups is 1. The van der Waals surface area contributed by atoms with Crippen LogP contribution < -0.4 is 33.2 Å². The van der Waals surface area contributed by atoms with Gasteiger partial charge in [0.05, 0.1) is 12.6 Å². The van der Waals surface area contributed by atoms with E-state index < -0.39 is 54.5 Å². The summed E-state index contributed by atoms with van der Waals surface area (Å²) in [5, 5.41) is 36.1. The average Bonchev–Trinajstić information content (AvgIpc) is 2.94. The smallest absolute Gasteiger partial charge is 0.326 e. The highest BCUT2D eigenvalue weighted by Crippen LogP contribution is 2.11. The zero-order chi connectivity index (χ0) is 30.4. The van der Waals surface area contributed by atoms with E-state index in [0.29, 0.717) is 11.1 Å². The average molecular weight is 572 g/mol. The third-order valence-corrected chi connectivity index (χ3v) is 6.02. The number of carbonyl (C=O) groups excluding carboxylic acids is 3. The summed E-state index contributed by atoms with van der Waals surface area (Å²) in [4.78, 5) is 54.4. The van der Waals surface area contributed by atoms with Crippen molar-refractivity contribution in [2.24, 2.45) is 22.2 Å². The Labute approximate surface area is 237 Å². The van der Waals surface area contributed by atoms with Gasteiger partial charge >= 0.3 is 5.97 Å². The number of nitrogens with one attached hydrogen (secondary N) is 3. The van der Waals surface area contributed by atoms with E-state index in [4.69, 9.17) is 17.2 Å². The maximum atomic E-state index is 13.2. The molecule has 0 aromatic heterocycles. The SMILES string of the molecule is NC(N)=NCCCC(NC(=O)C(Cc1ccccc1)NC(=O)C(CO)NC(=O)C(N)Cc1ccc(O)cc1)C(=O)O. The van der Waals surface area contributed by atoms with E-state index in [1.807, 2.05) is 0 Å². The molecule has 2 aromatic rings. The van der Waals surface area contributed by atoms with E-state index in [2.05, 4.69) is 20.9 Å². The van der Waals surface area contributed by atoms with Crippen molar-refractivity contribution < 1.29 is 34.5 Å². The highest BCUT2D eigenvalue weighted by Gasteiger charge is 2.30. The molecule has 0 saturated carbocycles. The molecule has 0 aliphatic rings. The quantitative estimate of drug-likeness (QED) is 0.0613. The molecular weight excluding hydrogens is 534 g/mol. The molecule has 0 saturated heterocycles. The first-order valence-corrected chi connectivity index (χ1v) is 12.9. The molecule has 0 fully saturated rings. The van der Waals surface area contributed by atoms with Crippen LogP contribution in [0.5, 0.6) is 5.75 Å². The van der Waals surface area contributed by atoms with Gasteiger partial charge in [-0.1, -0.05) is 42.5 Å². The maximum absolute atomic E-state index is 13.2. The standard InChI is InChI=1S/C27H37N7O7/c28-19(13-17-8-10-18(36)11-9-17)23(37)34-22(15-35)25(39)33-21(14-16-5-2-1-3-6-16)24(38)32-20(26(40)41)7-4-12-31-27(29)30/h1-3,5-6,8-11,19-22,35-36H,4,7,12-15,28H2,(H,32,38)(H,33,39)(H,34,37)(H,40,41)(H4,29,30,31). The molecule has 0 spiro atoms. The normalized spacial score (nSPS) is 13.6. The van der Waals surface area contributed by atoms with Gasteiger partial charge in [0.15, 0.2) is 5.96 Å². The third-order valence-electron chi connectivity index (χ3n) is 6.02. The minimum absolute atomic E-state index is 0.00517. The summed E-state index contributed by atoms with van der Waals surface area (Å²) in [6.07, 6.45) is 0.405. The van der Waals surface area contributed by atoms with Crippen molar-refractivity contribution >= 4 is 29.7 Å². The largest absolute Gasteiger partial charge is 0.508 e. The number of nitrogens with two attached hydrogens (primary N) is 3. The summed E-state index contributed by atoms with van der Waals surface area (Å²) in [7, 11) is 0. The molecule has 0 radical (unpaired) electrons. The Kier molecular flexibility index (Phi) is 13.0. The fraction of sp³-hybridized carbons (Fsp3) is 0.370. The number of aliphatic hydroxyl groups is 1. The minimum atomic E-state index is -1.44. The Hall–Kier alpha value is -4.69. The van der Waals surface area contributed by atoms with E-state index in [9.17, 15) is 34.5 Å². The van der Waals surface area contributed by atoms with E-state index in [0.717, 1.165) is 0 Å². The number of aromatic hydroxyl groups is 1. The highest BCUT2D eigenvalue weighted by molar-refractivity contribution is 5.94. The van der Waals surface area contributed by atoms with Crippen molar-refractivity contribution in [3.8, 4) is 5.75 Å². The number of hydrogen-bond donors (Lipinski definition) is 9. The number of carboxylic acid groups (broad SMARTS) is 1. The van der Waals surface area contributed by atoms with Crippen LogP contribution in [0, 0.1) is 0 Å². The second kappa shape index (κ2) is 16.4. The lowest BCUT2D eigenvalue weighted by molar-refractivity contribution is -0.142. The third kappa shape index (κ3) is 11.5. The molecule has 4 unspecified atom stereocenters. The van der Waals surface area contributed by atoms with Gasteiger partial charge in [0, 0.05) is 13.0 Å². The van der Waals surface area contributed by atoms with Crippen LogP contribution in [0.1, 0.15) is 24.0 Å². The van der Waals surface area contributed by atoms with E-state index in [-0.39, 0.29) is 43.9 Å². The second-order valence-corrected chi connectivity index (χ2v) is 9.32. The molecule has 0 bridgehead atoms. The Balaban J connectivity index is 2.10. The summed E-state index contributed by atoms with van der Waals surface area (Å²) in [6, 6.07) is 9.76. The molecular formula is C27H37N7O7. The molecule has 4 atom stereocenters. The predicted molar refractivity (Wildman–Crippen MR) is 150 cm³/mol. The number of amides is 3. The van der Waals surface area contributed by atoms with Crippen LogP contribution in [-0.4, -0.2) is 82.3 Å². The fourth-order valence-electron chi connectivity index (χ4n) is 3.82. The van der Waals surface area contributed by atoms with Gasteiger partial charge < -0.3 is 48.5 Å². The molecule has 41 heavy (non-hydrogen) atoms.